The first-order chi connectivity index (χ1) is 19.4. The van der Waals surface area contributed by atoms with E-state index in [0.717, 1.165) is 10.5 Å². The number of amides is 1. The van der Waals surface area contributed by atoms with Gasteiger partial charge in [0.2, 0.25) is 11.7 Å². The van der Waals surface area contributed by atoms with Crippen LogP contribution >= 0.6 is 0 Å². The van der Waals surface area contributed by atoms with Gasteiger partial charge in [-0.3, -0.25) is 9.35 Å². The molecule has 228 valence electrons. The first-order valence-corrected chi connectivity index (χ1v) is 13.4. The molecular formula is C25H24F6N4O6S. The van der Waals surface area contributed by atoms with E-state index in [-0.39, 0.29) is 42.1 Å². The predicted molar refractivity (Wildman–Crippen MR) is 133 cm³/mol. The second-order valence-corrected chi connectivity index (χ2v) is 10.7. The number of nitrogens with zero attached hydrogens (tertiary/aromatic N) is 3. The van der Waals surface area contributed by atoms with Gasteiger partial charge in [0.15, 0.2) is 17.3 Å². The number of rotatable bonds is 6. The lowest BCUT2D eigenvalue weighted by atomic mass is 10.0. The van der Waals surface area contributed by atoms with Crippen LogP contribution in [0.5, 0.6) is 0 Å². The fourth-order valence-corrected chi connectivity index (χ4v) is 4.59. The highest BCUT2D eigenvalue weighted by atomic mass is 32.2. The summed E-state index contributed by atoms with van der Waals surface area (Å²) in [4.78, 5) is 28.0. The third kappa shape index (κ3) is 7.86. The van der Waals surface area contributed by atoms with Crippen molar-refractivity contribution < 1.29 is 54.0 Å². The number of hydrogen-bond donors (Lipinski definition) is 3. The van der Waals surface area contributed by atoms with Gasteiger partial charge in [0.05, 0.1) is 17.1 Å². The summed E-state index contributed by atoms with van der Waals surface area (Å²) in [5, 5.41) is 9.16. The van der Waals surface area contributed by atoms with Crippen molar-refractivity contribution in [2.24, 2.45) is 5.73 Å². The minimum Gasteiger partial charge on any atom is -0.476 e. The zero-order chi connectivity index (χ0) is 31.6. The fourth-order valence-electron chi connectivity index (χ4n) is 4.11. The molecular weight excluding hydrogens is 598 g/mol. The molecule has 1 aromatic heterocycles. The maximum absolute atomic E-state index is 13.8. The number of halogens is 6. The van der Waals surface area contributed by atoms with Crippen LogP contribution in [0.4, 0.5) is 26.3 Å². The van der Waals surface area contributed by atoms with Gasteiger partial charge in [0.25, 0.3) is 10.1 Å². The van der Waals surface area contributed by atoms with E-state index in [4.69, 9.17) is 15.4 Å². The molecule has 0 unspecified atom stereocenters. The molecule has 1 aliphatic heterocycles. The Hall–Kier alpha value is -3.96. The van der Waals surface area contributed by atoms with Crippen LogP contribution in [0.1, 0.15) is 39.6 Å². The molecule has 17 heteroatoms. The first-order valence-electron chi connectivity index (χ1n) is 12.0. The molecule has 0 saturated carbocycles. The third-order valence-corrected chi connectivity index (χ3v) is 7.01. The molecule has 0 saturated heterocycles. The fraction of sp³-hybridized carbons (Fsp3) is 0.320. The largest absolute Gasteiger partial charge is 0.476 e. The topological polar surface area (TPSA) is 156 Å². The minimum atomic E-state index is -4.87. The van der Waals surface area contributed by atoms with E-state index in [9.17, 15) is 44.3 Å². The average molecular weight is 623 g/mol. The van der Waals surface area contributed by atoms with Crippen molar-refractivity contribution in [2.75, 3.05) is 6.54 Å². The summed E-state index contributed by atoms with van der Waals surface area (Å²) in [7, 11) is -4.02. The maximum atomic E-state index is 13.8. The Bertz CT molecular complexity index is 1590. The van der Waals surface area contributed by atoms with Gasteiger partial charge in [-0.25, -0.2) is 22.9 Å². The molecule has 3 aromatic rings. The molecule has 1 amide bonds. The lowest BCUT2D eigenvalue weighted by molar-refractivity contribution is -0.148. The Morgan fingerprint density at radius 1 is 1.05 bits per heavy atom. The van der Waals surface area contributed by atoms with Crippen LogP contribution in [0.25, 0.3) is 0 Å². The molecule has 0 spiro atoms. The monoisotopic (exact) mass is 622 g/mol. The molecule has 0 radical (unpaired) electrons. The van der Waals surface area contributed by atoms with Gasteiger partial charge in [0, 0.05) is 31.6 Å². The smallest absolute Gasteiger partial charge is 0.449 e. The van der Waals surface area contributed by atoms with Gasteiger partial charge in [-0.2, -0.15) is 21.6 Å². The minimum absolute atomic E-state index is 0.0666. The number of carbonyl (C=O) groups is 2. The number of hydrogen-bond acceptors (Lipinski definition) is 6. The Balaban J connectivity index is 0.000000369. The van der Waals surface area contributed by atoms with Crippen molar-refractivity contribution in [3.63, 3.8) is 0 Å². The Morgan fingerprint density at radius 2 is 1.64 bits per heavy atom. The highest BCUT2D eigenvalue weighted by Crippen LogP contribution is 2.32. The van der Waals surface area contributed by atoms with Crippen LogP contribution in [-0.2, 0) is 40.6 Å². The molecule has 2 heterocycles. The number of carboxylic acids is 1. The average Bonchev–Trinajstić information content (AvgIpc) is 3.27. The molecule has 0 bridgehead atoms. The third-order valence-electron chi connectivity index (χ3n) is 6.14. The lowest BCUT2D eigenvalue weighted by Crippen LogP contribution is -2.42. The number of fused-ring (bicyclic) bond motifs is 1. The van der Waals surface area contributed by atoms with E-state index in [2.05, 4.69) is 4.98 Å². The highest BCUT2D eigenvalue weighted by molar-refractivity contribution is 7.85. The molecule has 2 aromatic carbocycles. The summed E-state index contributed by atoms with van der Waals surface area (Å²) in [5.41, 5.74) is 5.45. The van der Waals surface area contributed by atoms with Crippen molar-refractivity contribution in [1.29, 1.82) is 0 Å². The van der Waals surface area contributed by atoms with Crippen molar-refractivity contribution >= 4 is 22.0 Å². The predicted octanol–water partition coefficient (Wildman–Crippen LogP) is 3.56. The number of aryl methyl sites for hydroxylation is 1. The molecule has 10 nitrogen and oxygen atoms in total. The number of alkyl halides is 3. The summed E-state index contributed by atoms with van der Waals surface area (Å²) in [5.74, 6) is -7.33. The van der Waals surface area contributed by atoms with E-state index >= 15 is 0 Å². The maximum Gasteiger partial charge on any atom is 0.449 e. The van der Waals surface area contributed by atoms with Crippen LogP contribution in [0, 0.1) is 24.4 Å². The molecule has 42 heavy (non-hydrogen) atoms. The van der Waals surface area contributed by atoms with Gasteiger partial charge in [-0.1, -0.05) is 17.7 Å². The SMILES string of the molecule is Cc1ccc(S(=O)(=O)O)cc1.N[C@@H](CC(=O)N1CCn2c(C(F)(F)F)nc(C(=O)O)c2C1)Cc1cc(F)c(F)cc1F. The zero-order valence-electron chi connectivity index (χ0n) is 21.7. The molecule has 4 N–H and O–H groups in total. The Labute approximate surface area is 235 Å². The number of carbonyl (C=O) groups excluding carboxylic acids is 1. The lowest BCUT2D eigenvalue weighted by Gasteiger charge is -2.30. The summed E-state index contributed by atoms with van der Waals surface area (Å²) in [6.07, 6.45) is -5.54. The summed E-state index contributed by atoms with van der Waals surface area (Å²) < 4.78 is 110. The van der Waals surface area contributed by atoms with Crippen LogP contribution in [-0.4, -0.2) is 57.0 Å². The van der Waals surface area contributed by atoms with E-state index in [1.165, 1.54) is 12.1 Å². The van der Waals surface area contributed by atoms with Crippen LogP contribution in [0.15, 0.2) is 41.3 Å². The summed E-state index contributed by atoms with van der Waals surface area (Å²) >= 11 is 0. The van der Waals surface area contributed by atoms with Crippen molar-refractivity contribution in [2.45, 2.75) is 50.0 Å². The number of aromatic nitrogens is 2. The number of imidazole rings is 1. The van der Waals surface area contributed by atoms with Gasteiger partial charge < -0.3 is 20.3 Å². The Kier molecular flexibility index (Phi) is 9.69. The summed E-state index contributed by atoms with van der Waals surface area (Å²) in [6.45, 7) is 0.920. The van der Waals surface area contributed by atoms with Crippen LogP contribution in [0.2, 0.25) is 0 Å². The van der Waals surface area contributed by atoms with Crippen molar-refractivity contribution in [3.8, 4) is 0 Å². The zero-order valence-corrected chi connectivity index (χ0v) is 22.5. The first kappa shape index (κ1) is 32.6. The molecule has 0 aliphatic carbocycles. The molecule has 1 aliphatic rings. The van der Waals surface area contributed by atoms with Gasteiger partial charge in [0.1, 0.15) is 5.82 Å². The van der Waals surface area contributed by atoms with E-state index in [1.54, 1.807) is 12.1 Å². The van der Waals surface area contributed by atoms with Crippen LogP contribution < -0.4 is 5.73 Å². The summed E-state index contributed by atoms with van der Waals surface area (Å²) in [6, 6.07) is 5.98. The van der Waals surface area contributed by atoms with E-state index in [1.807, 2.05) is 6.92 Å². The number of carboxylic acid groups (broad SMARTS) is 1. The van der Waals surface area contributed by atoms with Gasteiger partial charge >= 0.3 is 12.1 Å². The van der Waals surface area contributed by atoms with E-state index < -0.39 is 69.7 Å². The van der Waals surface area contributed by atoms with E-state index in [0.29, 0.717) is 16.7 Å². The van der Waals surface area contributed by atoms with Crippen molar-refractivity contribution in [3.05, 3.63) is 82.2 Å². The van der Waals surface area contributed by atoms with Gasteiger partial charge in [-0.05, 0) is 37.1 Å². The highest BCUT2D eigenvalue weighted by Gasteiger charge is 2.41. The van der Waals surface area contributed by atoms with Gasteiger partial charge in [-0.15, -0.1) is 0 Å². The standard InChI is InChI=1S/C18H16F6N4O3.C7H8O3S/c19-10-6-12(21)11(20)4-8(10)3-9(25)5-14(29)27-1-2-28-13(7-27)15(16(30)31)26-17(28)18(22,23)24;1-6-2-4-7(5-3-6)11(8,9)10/h4,6,9H,1-3,5,7,25H2,(H,30,31);2-5H,1H3,(H,8,9,10)/t9-;/m1./s1. The number of aromatic carboxylic acids is 1. The molecule has 1 atom stereocenters. The quantitative estimate of drug-likeness (QED) is 0.214. The van der Waals surface area contributed by atoms with Crippen molar-refractivity contribution in [1.82, 2.24) is 14.5 Å². The number of benzene rings is 2. The normalized spacial score (nSPS) is 14.1. The molecule has 4 rings (SSSR count). The molecule has 0 fully saturated rings. The van der Waals surface area contributed by atoms with Crippen LogP contribution in [0.3, 0.4) is 0 Å². The second-order valence-electron chi connectivity index (χ2n) is 9.31. The Morgan fingerprint density at radius 3 is 2.19 bits per heavy atom. The second kappa shape index (κ2) is 12.5. The number of nitrogens with two attached hydrogens (primary N) is 1.